The second-order valence-corrected chi connectivity index (χ2v) is 6.16. The molecule has 1 heterocycles. The Hall–Kier alpha value is -3.22. The number of ether oxygens (including phenoxy) is 1. The molecule has 0 radical (unpaired) electrons. The molecule has 28 heavy (non-hydrogen) atoms. The van der Waals surface area contributed by atoms with Gasteiger partial charge < -0.3 is 14.6 Å². The highest BCUT2D eigenvalue weighted by Gasteiger charge is 2.23. The molecule has 0 saturated carbocycles. The number of aryl methyl sites for hydroxylation is 1. The quantitative estimate of drug-likeness (QED) is 0.649. The smallest absolute Gasteiger partial charge is 0.343 e. The average molecular weight is 386 g/mol. The average Bonchev–Trinajstić information content (AvgIpc) is 2.70. The second-order valence-electron chi connectivity index (χ2n) is 6.16. The summed E-state index contributed by atoms with van der Waals surface area (Å²) in [6.45, 7) is 3.97. The van der Waals surface area contributed by atoms with E-state index in [2.05, 4.69) is 5.32 Å². The topological polar surface area (TPSA) is 60.3 Å². The van der Waals surface area contributed by atoms with Gasteiger partial charge >= 0.3 is 5.97 Å². The van der Waals surface area contributed by atoms with Crippen LogP contribution in [0.1, 0.15) is 29.8 Å². The summed E-state index contributed by atoms with van der Waals surface area (Å²) >= 11 is 0. The Kier molecular flexibility index (Phi) is 5.73. The van der Waals surface area contributed by atoms with E-state index >= 15 is 0 Å². The number of benzene rings is 2. The maximum atomic E-state index is 14.6. The Bertz CT molecular complexity index is 1080. The summed E-state index contributed by atoms with van der Waals surface area (Å²) in [6, 6.07) is 10.2. The number of rotatable bonds is 6. The molecule has 0 saturated heterocycles. The van der Waals surface area contributed by atoms with Gasteiger partial charge in [0.1, 0.15) is 5.56 Å². The molecule has 0 spiro atoms. The molecular weight excluding hydrogens is 366 g/mol. The van der Waals surface area contributed by atoms with Gasteiger partial charge in [-0.05, 0) is 19.4 Å². The second kappa shape index (κ2) is 8.21. The van der Waals surface area contributed by atoms with E-state index in [1.165, 1.54) is 10.8 Å². The summed E-state index contributed by atoms with van der Waals surface area (Å²) < 4.78 is 35.1. The molecule has 0 bridgehead atoms. The number of hydrogen-bond donors (Lipinski definition) is 1. The number of fused-ring (bicyclic) bond motifs is 1. The van der Waals surface area contributed by atoms with E-state index in [1.807, 2.05) is 30.3 Å². The van der Waals surface area contributed by atoms with Gasteiger partial charge in [-0.2, -0.15) is 0 Å². The van der Waals surface area contributed by atoms with Gasteiger partial charge in [-0.25, -0.2) is 13.6 Å². The third kappa shape index (κ3) is 3.60. The van der Waals surface area contributed by atoms with Crippen molar-refractivity contribution in [2.75, 3.05) is 11.9 Å². The van der Waals surface area contributed by atoms with Crippen molar-refractivity contribution in [3.8, 4) is 0 Å². The van der Waals surface area contributed by atoms with E-state index in [1.54, 1.807) is 13.8 Å². The number of nitrogens with zero attached hydrogens (tertiary/aromatic N) is 1. The van der Waals surface area contributed by atoms with Gasteiger partial charge in [0.15, 0.2) is 11.6 Å². The van der Waals surface area contributed by atoms with Crippen molar-refractivity contribution >= 4 is 22.6 Å². The minimum absolute atomic E-state index is 0.0813. The highest BCUT2D eigenvalue weighted by atomic mass is 19.2. The SMILES string of the molecule is CCOC(=O)c1cn(CC)c2c(F)c(F)cc(NCc3ccccc3)c2c1=O. The summed E-state index contributed by atoms with van der Waals surface area (Å²) in [5.74, 6) is -3.00. The zero-order chi connectivity index (χ0) is 20.3. The van der Waals surface area contributed by atoms with Gasteiger partial charge in [-0.15, -0.1) is 0 Å². The molecule has 1 N–H and O–H groups in total. The fourth-order valence-corrected chi connectivity index (χ4v) is 3.06. The number of carbonyl (C=O) groups is 1. The largest absolute Gasteiger partial charge is 0.462 e. The van der Waals surface area contributed by atoms with E-state index in [9.17, 15) is 18.4 Å². The normalized spacial score (nSPS) is 10.9. The van der Waals surface area contributed by atoms with Crippen molar-refractivity contribution in [3.63, 3.8) is 0 Å². The molecule has 0 amide bonds. The Morgan fingerprint density at radius 3 is 2.54 bits per heavy atom. The van der Waals surface area contributed by atoms with Crippen molar-refractivity contribution < 1.29 is 18.3 Å². The van der Waals surface area contributed by atoms with Crippen molar-refractivity contribution in [2.45, 2.75) is 26.9 Å². The highest BCUT2D eigenvalue weighted by Crippen LogP contribution is 2.27. The summed E-state index contributed by atoms with van der Waals surface area (Å²) in [7, 11) is 0. The predicted octanol–water partition coefficient (Wildman–Crippen LogP) is 4.09. The van der Waals surface area contributed by atoms with Gasteiger partial charge in [0, 0.05) is 25.4 Å². The zero-order valence-corrected chi connectivity index (χ0v) is 15.6. The Balaban J connectivity index is 2.22. The Morgan fingerprint density at radius 1 is 1.18 bits per heavy atom. The first-order valence-electron chi connectivity index (χ1n) is 8.98. The minimum Gasteiger partial charge on any atom is -0.462 e. The van der Waals surface area contributed by atoms with Crippen LogP contribution in [0.2, 0.25) is 0 Å². The maximum absolute atomic E-state index is 14.6. The highest BCUT2D eigenvalue weighted by molar-refractivity contribution is 5.98. The molecule has 2 aromatic carbocycles. The van der Waals surface area contributed by atoms with E-state index in [-0.39, 0.29) is 35.3 Å². The van der Waals surface area contributed by atoms with Crippen LogP contribution >= 0.6 is 0 Å². The number of hydrogen-bond acceptors (Lipinski definition) is 4. The summed E-state index contributed by atoms with van der Waals surface area (Å²) in [5.41, 5.74) is -0.0810. The molecule has 0 unspecified atom stereocenters. The number of anilines is 1. The fraction of sp³-hybridized carbons (Fsp3) is 0.238. The van der Waals surface area contributed by atoms with Gasteiger partial charge in [0.05, 0.1) is 23.2 Å². The van der Waals surface area contributed by atoms with Gasteiger partial charge in [-0.1, -0.05) is 30.3 Å². The molecule has 0 fully saturated rings. The number of aromatic nitrogens is 1. The lowest BCUT2D eigenvalue weighted by Crippen LogP contribution is -2.22. The van der Waals surface area contributed by atoms with Crippen LogP contribution < -0.4 is 10.7 Å². The van der Waals surface area contributed by atoms with Crippen molar-refractivity contribution in [3.05, 3.63) is 75.6 Å². The first kappa shape index (κ1) is 19.5. The van der Waals surface area contributed by atoms with Crippen LogP contribution in [-0.4, -0.2) is 17.1 Å². The van der Waals surface area contributed by atoms with Gasteiger partial charge in [-0.3, -0.25) is 4.79 Å². The standard InChI is InChI=1S/C21H20F2N2O3/c1-3-25-12-14(21(27)28-4-2)20(26)17-16(10-15(22)18(23)19(17)25)24-11-13-8-6-5-7-9-13/h5-10,12,24H,3-4,11H2,1-2H3. The van der Waals surface area contributed by atoms with Crippen LogP contribution in [-0.2, 0) is 17.8 Å². The number of carbonyl (C=O) groups excluding carboxylic acids is 1. The summed E-state index contributed by atoms with van der Waals surface area (Å²) in [4.78, 5) is 25.2. The number of halogens is 2. The Labute approximate surface area is 160 Å². The molecule has 0 aliphatic heterocycles. The zero-order valence-electron chi connectivity index (χ0n) is 15.6. The third-order valence-electron chi connectivity index (χ3n) is 4.40. The lowest BCUT2D eigenvalue weighted by Gasteiger charge is -2.16. The van der Waals surface area contributed by atoms with Crippen LogP contribution in [0.5, 0.6) is 0 Å². The van der Waals surface area contributed by atoms with E-state index in [4.69, 9.17) is 4.74 Å². The van der Waals surface area contributed by atoms with E-state index in [0.717, 1.165) is 11.6 Å². The summed E-state index contributed by atoms with van der Waals surface area (Å²) in [5, 5.41) is 2.91. The maximum Gasteiger partial charge on any atom is 0.343 e. The molecule has 146 valence electrons. The molecule has 1 aromatic heterocycles. The lowest BCUT2D eigenvalue weighted by atomic mass is 10.1. The molecule has 0 aliphatic rings. The van der Waals surface area contributed by atoms with Gasteiger partial charge in [0.25, 0.3) is 0 Å². The van der Waals surface area contributed by atoms with E-state index < -0.39 is 23.0 Å². The monoisotopic (exact) mass is 386 g/mol. The molecule has 0 atom stereocenters. The molecule has 3 rings (SSSR count). The number of esters is 1. The molecule has 3 aromatic rings. The summed E-state index contributed by atoms with van der Waals surface area (Å²) in [6.07, 6.45) is 1.21. The lowest BCUT2D eigenvalue weighted by molar-refractivity contribution is 0.0524. The molecule has 7 heteroatoms. The first-order valence-corrected chi connectivity index (χ1v) is 8.98. The Morgan fingerprint density at radius 2 is 1.89 bits per heavy atom. The predicted molar refractivity (Wildman–Crippen MR) is 104 cm³/mol. The molecule has 5 nitrogen and oxygen atoms in total. The van der Waals surface area contributed by atoms with Crippen LogP contribution in [0.4, 0.5) is 14.5 Å². The van der Waals surface area contributed by atoms with Crippen molar-refractivity contribution in [1.82, 2.24) is 4.57 Å². The molecular formula is C21H20F2N2O3. The minimum atomic E-state index is -1.13. The molecule has 0 aliphatic carbocycles. The van der Waals surface area contributed by atoms with Crippen molar-refractivity contribution in [1.29, 1.82) is 0 Å². The van der Waals surface area contributed by atoms with Crippen LogP contribution in [0.15, 0.2) is 47.4 Å². The van der Waals surface area contributed by atoms with Crippen LogP contribution in [0, 0.1) is 11.6 Å². The van der Waals surface area contributed by atoms with Crippen LogP contribution in [0.3, 0.4) is 0 Å². The fourth-order valence-electron chi connectivity index (χ4n) is 3.06. The van der Waals surface area contributed by atoms with Crippen LogP contribution in [0.25, 0.3) is 10.9 Å². The first-order chi connectivity index (χ1) is 13.5. The van der Waals surface area contributed by atoms with E-state index in [0.29, 0.717) is 6.54 Å². The number of pyridine rings is 1. The van der Waals surface area contributed by atoms with Gasteiger partial charge in [0.2, 0.25) is 5.43 Å². The van der Waals surface area contributed by atoms with Crippen molar-refractivity contribution in [2.24, 2.45) is 0 Å². The number of nitrogens with one attached hydrogen (secondary N) is 1. The third-order valence-corrected chi connectivity index (χ3v) is 4.40.